The van der Waals surface area contributed by atoms with Gasteiger partial charge in [-0.25, -0.2) is 0 Å². The van der Waals surface area contributed by atoms with Gasteiger partial charge in [0.15, 0.2) is 11.5 Å². The number of aromatic hydroxyl groups is 3. The molecule has 0 radical (unpaired) electrons. The molecule has 3 heteroatoms. The third-order valence-electron chi connectivity index (χ3n) is 2.59. The third kappa shape index (κ3) is 1.67. The van der Waals surface area contributed by atoms with E-state index in [2.05, 4.69) is 0 Å². The first-order chi connectivity index (χ1) is 7.59. The first kappa shape index (κ1) is 10.4. The first-order valence-corrected chi connectivity index (χ1v) is 4.90. The van der Waals surface area contributed by atoms with Crippen LogP contribution >= 0.6 is 0 Å². The van der Waals surface area contributed by atoms with Crippen LogP contribution in [0.4, 0.5) is 0 Å². The Balaban J connectivity index is 2.57. The summed E-state index contributed by atoms with van der Waals surface area (Å²) >= 11 is 0. The highest BCUT2D eigenvalue weighted by molar-refractivity contribution is 5.72. The van der Waals surface area contributed by atoms with Crippen molar-refractivity contribution in [3.63, 3.8) is 0 Å². The average molecular weight is 216 g/mol. The van der Waals surface area contributed by atoms with Gasteiger partial charge in [0.1, 0.15) is 5.75 Å². The Bertz CT molecular complexity index is 515. The second-order valence-electron chi connectivity index (χ2n) is 3.65. The normalized spacial score (nSPS) is 10.3. The summed E-state index contributed by atoms with van der Waals surface area (Å²) in [6.07, 6.45) is 0. The highest BCUT2D eigenvalue weighted by Gasteiger charge is 2.09. The molecule has 0 saturated heterocycles. The molecule has 2 aromatic rings. The highest BCUT2D eigenvalue weighted by Crippen LogP contribution is 2.36. The van der Waals surface area contributed by atoms with Gasteiger partial charge in [-0.3, -0.25) is 0 Å². The van der Waals surface area contributed by atoms with Crippen molar-refractivity contribution >= 4 is 0 Å². The van der Waals surface area contributed by atoms with E-state index in [-0.39, 0.29) is 17.2 Å². The lowest BCUT2D eigenvalue weighted by molar-refractivity contribution is 0.401. The third-order valence-corrected chi connectivity index (χ3v) is 2.59. The van der Waals surface area contributed by atoms with E-state index in [9.17, 15) is 15.3 Å². The van der Waals surface area contributed by atoms with Crippen molar-refractivity contribution in [3.8, 4) is 28.4 Å². The Kier molecular flexibility index (Phi) is 2.44. The van der Waals surface area contributed by atoms with E-state index in [1.54, 1.807) is 37.3 Å². The predicted octanol–water partition coefficient (Wildman–Crippen LogP) is 2.78. The van der Waals surface area contributed by atoms with Gasteiger partial charge in [0.25, 0.3) is 0 Å². The summed E-state index contributed by atoms with van der Waals surface area (Å²) in [6.45, 7) is 1.73. The fraction of sp³-hybridized carbons (Fsp3) is 0.0769. The number of phenolic OH excluding ortho intramolecular Hbond substituents is 3. The van der Waals surface area contributed by atoms with E-state index in [1.807, 2.05) is 0 Å². The maximum Gasteiger partial charge on any atom is 0.161 e. The largest absolute Gasteiger partial charge is 0.508 e. The summed E-state index contributed by atoms with van der Waals surface area (Å²) < 4.78 is 0. The minimum atomic E-state index is -0.125. The summed E-state index contributed by atoms with van der Waals surface area (Å²) in [7, 11) is 0. The molecule has 0 aliphatic heterocycles. The smallest absolute Gasteiger partial charge is 0.161 e. The maximum absolute atomic E-state index is 9.60. The molecule has 0 saturated carbocycles. The number of hydrogen-bond donors (Lipinski definition) is 3. The molecule has 0 atom stereocenters. The Morgan fingerprint density at radius 1 is 0.812 bits per heavy atom. The topological polar surface area (TPSA) is 60.7 Å². The molecule has 0 spiro atoms. The minimum Gasteiger partial charge on any atom is -0.508 e. The first-order valence-electron chi connectivity index (χ1n) is 4.90. The van der Waals surface area contributed by atoms with Crippen molar-refractivity contribution < 1.29 is 15.3 Å². The van der Waals surface area contributed by atoms with Crippen molar-refractivity contribution in [2.24, 2.45) is 0 Å². The summed E-state index contributed by atoms with van der Waals surface area (Å²) in [6, 6.07) is 9.86. The van der Waals surface area contributed by atoms with Crippen molar-refractivity contribution in [2.75, 3.05) is 0 Å². The lowest BCUT2D eigenvalue weighted by Crippen LogP contribution is -1.84. The molecule has 0 fully saturated rings. The van der Waals surface area contributed by atoms with E-state index in [0.29, 0.717) is 5.56 Å². The van der Waals surface area contributed by atoms with E-state index >= 15 is 0 Å². The molecule has 2 rings (SSSR count). The van der Waals surface area contributed by atoms with Crippen LogP contribution in [0.3, 0.4) is 0 Å². The molecule has 0 amide bonds. The van der Waals surface area contributed by atoms with Gasteiger partial charge in [-0.1, -0.05) is 18.2 Å². The molecule has 82 valence electrons. The van der Waals surface area contributed by atoms with Crippen LogP contribution in [0.2, 0.25) is 0 Å². The molecular formula is C13H12O3. The summed E-state index contributed by atoms with van der Waals surface area (Å²) in [5.41, 5.74) is 2.33. The second-order valence-corrected chi connectivity index (χ2v) is 3.65. The fourth-order valence-corrected chi connectivity index (χ4v) is 1.64. The van der Waals surface area contributed by atoms with Gasteiger partial charge in [-0.2, -0.15) is 0 Å². The molecule has 16 heavy (non-hydrogen) atoms. The molecule has 0 aliphatic carbocycles. The number of hydrogen-bond acceptors (Lipinski definition) is 3. The van der Waals surface area contributed by atoms with Crippen molar-refractivity contribution in [1.82, 2.24) is 0 Å². The van der Waals surface area contributed by atoms with Gasteiger partial charge >= 0.3 is 0 Å². The Labute approximate surface area is 93.2 Å². The van der Waals surface area contributed by atoms with Gasteiger partial charge < -0.3 is 15.3 Å². The molecule has 3 N–H and O–H groups in total. The van der Waals surface area contributed by atoms with Crippen molar-refractivity contribution in [3.05, 3.63) is 42.0 Å². The number of benzene rings is 2. The fourth-order valence-electron chi connectivity index (χ4n) is 1.64. The van der Waals surface area contributed by atoms with Gasteiger partial charge in [0.05, 0.1) is 0 Å². The Morgan fingerprint density at radius 2 is 1.44 bits per heavy atom. The SMILES string of the molecule is Cc1c(-c2ccc(O)cc2)ccc(O)c1O. The van der Waals surface area contributed by atoms with Crippen LogP contribution in [-0.4, -0.2) is 15.3 Å². The molecule has 0 aliphatic rings. The van der Waals surface area contributed by atoms with Gasteiger partial charge in [-0.05, 0) is 36.2 Å². The predicted molar refractivity (Wildman–Crippen MR) is 61.6 cm³/mol. The summed E-state index contributed by atoms with van der Waals surface area (Å²) in [4.78, 5) is 0. The van der Waals surface area contributed by atoms with Gasteiger partial charge in [0.2, 0.25) is 0 Å². The quantitative estimate of drug-likeness (QED) is 0.642. The lowest BCUT2D eigenvalue weighted by atomic mass is 9.99. The summed E-state index contributed by atoms with van der Waals surface area (Å²) in [5, 5.41) is 28.1. The molecule has 3 nitrogen and oxygen atoms in total. The zero-order chi connectivity index (χ0) is 11.7. The zero-order valence-electron chi connectivity index (χ0n) is 8.81. The molecule has 2 aromatic carbocycles. The van der Waals surface area contributed by atoms with Crippen LogP contribution in [0.15, 0.2) is 36.4 Å². The second kappa shape index (κ2) is 3.77. The van der Waals surface area contributed by atoms with E-state index < -0.39 is 0 Å². The van der Waals surface area contributed by atoms with Crippen molar-refractivity contribution in [2.45, 2.75) is 6.92 Å². The van der Waals surface area contributed by atoms with Crippen LogP contribution in [0.25, 0.3) is 11.1 Å². The highest BCUT2D eigenvalue weighted by atomic mass is 16.3. The Morgan fingerprint density at radius 3 is 2.06 bits per heavy atom. The standard InChI is InChI=1S/C13H12O3/c1-8-11(6-7-12(15)13(8)16)9-2-4-10(14)5-3-9/h2-7,14-16H,1H3. The van der Waals surface area contributed by atoms with Crippen LogP contribution in [0, 0.1) is 6.92 Å². The van der Waals surface area contributed by atoms with E-state index in [4.69, 9.17) is 0 Å². The molecule has 0 bridgehead atoms. The lowest BCUT2D eigenvalue weighted by Gasteiger charge is -2.09. The molecule has 0 aromatic heterocycles. The average Bonchev–Trinajstić information content (AvgIpc) is 2.28. The van der Waals surface area contributed by atoms with Gasteiger partial charge in [-0.15, -0.1) is 0 Å². The summed E-state index contributed by atoms with van der Waals surface area (Å²) in [5.74, 6) is -0.0324. The minimum absolute atomic E-state index is 0.106. The van der Waals surface area contributed by atoms with Crippen LogP contribution in [0.1, 0.15) is 5.56 Å². The number of rotatable bonds is 1. The molecular weight excluding hydrogens is 204 g/mol. The van der Waals surface area contributed by atoms with Crippen LogP contribution in [-0.2, 0) is 0 Å². The Hall–Kier alpha value is -2.16. The molecule has 0 unspecified atom stereocenters. The van der Waals surface area contributed by atoms with E-state index in [1.165, 1.54) is 6.07 Å². The maximum atomic E-state index is 9.60. The van der Waals surface area contributed by atoms with Gasteiger partial charge in [0, 0.05) is 5.56 Å². The monoisotopic (exact) mass is 216 g/mol. The van der Waals surface area contributed by atoms with Crippen LogP contribution < -0.4 is 0 Å². The van der Waals surface area contributed by atoms with Crippen molar-refractivity contribution in [1.29, 1.82) is 0 Å². The van der Waals surface area contributed by atoms with E-state index in [0.717, 1.165) is 11.1 Å². The van der Waals surface area contributed by atoms with Crippen LogP contribution in [0.5, 0.6) is 17.2 Å². The zero-order valence-corrected chi connectivity index (χ0v) is 8.81. The molecule has 0 heterocycles. The number of phenols is 3.